The van der Waals surface area contributed by atoms with Gasteiger partial charge in [0.1, 0.15) is 11.6 Å². The van der Waals surface area contributed by atoms with Gasteiger partial charge in [0.25, 0.3) is 0 Å². The topological polar surface area (TPSA) is 77.4 Å². The zero-order valence-corrected chi connectivity index (χ0v) is 8.53. The summed E-state index contributed by atoms with van der Waals surface area (Å²) < 4.78 is 4.96. The molecule has 0 aliphatic heterocycles. The second kappa shape index (κ2) is 4.66. The molecule has 0 radical (unpaired) electrons. The van der Waals surface area contributed by atoms with E-state index in [1.807, 2.05) is 18.0 Å². The average Bonchev–Trinajstić information content (AvgIpc) is 2.18. The first-order valence-electron chi connectivity index (χ1n) is 4.37. The molecule has 0 amide bonds. The number of likely N-dealkylation sites (N-methyl/N-ethyl adjacent to an activating group) is 1. The second-order valence-corrected chi connectivity index (χ2v) is 3.06. The van der Waals surface area contributed by atoms with Crippen LogP contribution in [0.2, 0.25) is 0 Å². The highest BCUT2D eigenvalue weighted by Crippen LogP contribution is 2.16. The maximum Gasteiger partial charge on any atom is 0.149 e. The first-order valence-corrected chi connectivity index (χ1v) is 4.37. The second-order valence-electron chi connectivity index (χ2n) is 3.06. The van der Waals surface area contributed by atoms with Gasteiger partial charge in [-0.15, -0.1) is 0 Å². The van der Waals surface area contributed by atoms with Crippen molar-refractivity contribution < 1.29 is 4.74 Å². The Morgan fingerprint density at radius 2 is 2.14 bits per heavy atom. The Labute approximate surface area is 83.7 Å². The van der Waals surface area contributed by atoms with Crippen LogP contribution in [-0.4, -0.2) is 32.3 Å². The summed E-state index contributed by atoms with van der Waals surface area (Å²) in [6.45, 7) is 1.43. The van der Waals surface area contributed by atoms with E-state index in [4.69, 9.17) is 16.2 Å². The largest absolute Gasteiger partial charge is 0.396 e. The average molecular weight is 196 g/mol. The molecule has 0 atom stereocenters. The molecule has 0 saturated heterocycles. The van der Waals surface area contributed by atoms with Gasteiger partial charge in [-0.05, 0) is 12.1 Å². The summed E-state index contributed by atoms with van der Waals surface area (Å²) in [5.41, 5.74) is 11.7. The predicted molar refractivity (Wildman–Crippen MR) is 58.2 cm³/mol. The van der Waals surface area contributed by atoms with Crippen molar-refractivity contribution in [1.29, 1.82) is 0 Å². The molecule has 1 heterocycles. The van der Waals surface area contributed by atoms with Gasteiger partial charge in [-0.2, -0.15) is 0 Å². The molecule has 0 aliphatic carbocycles. The number of anilines is 3. The van der Waals surface area contributed by atoms with Gasteiger partial charge in [-0.25, -0.2) is 4.98 Å². The summed E-state index contributed by atoms with van der Waals surface area (Å²) in [6.07, 6.45) is 0. The van der Waals surface area contributed by atoms with Gasteiger partial charge >= 0.3 is 0 Å². The Hall–Kier alpha value is -1.49. The van der Waals surface area contributed by atoms with E-state index in [1.54, 1.807) is 13.2 Å². The van der Waals surface area contributed by atoms with E-state index in [0.717, 1.165) is 12.4 Å². The maximum atomic E-state index is 5.59. The first-order chi connectivity index (χ1) is 6.65. The molecule has 0 saturated carbocycles. The van der Waals surface area contributed by atoms with Crippen molar-refractivity contribution in [3.63, 3.8) is 0 Å². The van der Waals surface area contributed by atoms with Crippen molar-refractivity contribution in [2.75, 3.05) is 43.7 Å². The number of aromatic nitrogens is 1. The summed E-state index contributed by atoms with van der Waals surface area (Å²) in [5.74, 6) is 1.17. The van der Waals surface area contributed by atoms with Crippen LogP contribution in [-0.2, 0) is 4.74 Å². The molecule has 0 unspecified atom stereocenters. The lowest BCUT2D eigenvalue weighted by atomic mass is 10.3. The molecule has 0 aromatic carbocycles. The molecule has 5 heteroatoms. The number of hydrogen-bond acceptors (Lipinski definition) is 5. The summed E-state index contributed by atoms with van der Waals surface area (Å²) in [4.78, 5) is 6.11. The molecular formula is C9H16N4O. The molecule has 14 heavy (non-hydrogen) atoms. The number of nitrogen functional groups attached to an aromatic ring is 2. The Morgan fingerprint density at radius 1 is 1.43 bits per heavy atom. The monoisotopic (exact) mass is 196 g/mol. The summed E-state index contributed by atoms with van der Waals surface area (Å²) in [5, 5.41) is 0. The molecular weight excluding hydrogens is 180 g/mol. The molecule has 0 spiro atoms. The van der Waals surface area contributed by atoms with Gasteiger partial charge < -0.3 is 21.1 Å². The van der Waals surface area contributed by atoms with E-state index in [2.05, 4.69) is 4.98 Å². The molecule has 78 valence electrons. The number of pyridine rings is 1. The normalized spacial score (nSPS) is 10.1. The fourth-order valence-electron chi connectivity index (χ4n) is 1.03. The lowest BCUT2D eigenvalue weighted by Crippen LogP contribution is -2.23. The van der Waals surface area contributed by atoms with Crippen LogP contribution in [0.5, 0.6) is 0 Å². The molecule has 1 rings (SSSR count). The quantitative estimate of drug-likeness (QED) is 0.725. The zero-order valence-electron chi connectivity index (χ0n) is 8.53. The van der Waals surface area contributed by atoms with Gasteiger partial charge in [0.2, 0.25) is 0 Å². The van der Waals surface area contributed by atoms with Crippen molar-refractivity contribution in [2.24, 2.45) is 0 Å². The van der Waals surface area contributed by atoms with Gasteiger partial charge in [-0.3, -0.25) is 0 Å². The molecule has 0 aliphatic rings. The Morgan fingerprint density at radius 3 is 2.71 bits per heavy atom. The molecule has 1 aromatic heterocycles. The van der Waals surface area contributed by atoms with Crippen LogP contribution in [0.3, 0.4) is 0 Å². The van der Waals surface area contributed by atoms with Crippen LogP contribution in [0.15, 0.2) is 12.1 Å². The fraction of sp³-hybridized carbons (Fsp3) is 0.444. The summed E-state index contributed by atoms with van der Waals surface area (Å²) in [6, 6.07) is 3.59. The van der Waals surface area contributed by atoms with Crippen LogP contribution < -0.4 is 16.4 Å². The lowest BCUT2D eigenvalue weighted by Gasteiger charge is -2.17. The third-order valence-corrected chi connectivity index (χ3v) is 1.96. The van der Waals surface area contributed by atoms with Crippen molar-refractivity contribution in [3.05, 3.63) is 12.1 Å². The summed E-state index contributed by atoms with van der Waals surface area (Å²) >= 11 is 0. The van der Waals surface area contributed by atoms with Crippen molar-refractivity contribution >= 4 is 17.3 Å². The number of nitrogens with two attached hydrogens (primary N) is 2. The SMILES string of the molecule is COCCN(C)c1ccc(N)c(N)n1. The predicted octanol–water partition coefficient (Wildman–Crippen LogP) is 0.329. The minimum atomic E-state index is 0.367. The standard InChI is InChI=1S/C9H16N4O/c1-13(5-6-14-2)8-4-3-7(10)9(11)12-8/h3-4H,5-6,10H2,1-2H3,(H2,11,12). The fourth-order valence-corrected chi connectivity index (χ4v) is 1.03. The molecule has 0 fully saturated rings. The number of nitrogens with zero attached hydrogens (tertiary/aromatic N) is 2. The van der Waals surface area contributed by atoms with E-state index in [1.165, 1.54) is 0 Å². The highest BCUT2D eigenvalue weighted by Gasteiger charge is 2.03. The molecule has 4 N–H and O–H groups in total. The Balaban J connectivity index is 2.70. The van der Waals surface area contributed by atoms with Gasteiger partial charge in [0, 0.05) is 20.7 Å². The van der Waals surface area contributed by atoms with Crippen molar-refractivity contribution in [2.45, 2.75) is 0 Å². The van der Waals surface area contributed by atoms with E-state index >= 15 is 0 Å². The van der Waals surface area contributed by atoms with E-state index in [0.29, 0.717) is 18.1 Å². The minimum absolute atomic E-state index is 0.367. The van der Waals surface area contributed by atoms with Crippen LogP contribution in [0.25, 0.3) is 0 Å². The van der Waals surface area contributed by atoms with Gasteiger partial charge in [0.15, 0.2) is 0 Å². The third kappa shape index (κ3) is 2.50. The lowest BCUT2D eigenvalue weighted by molar-refractivity contribution is 0.206. The van der Waals surface area contributed by atoms with Crippen molar-refractivity contribution in [1.82, 2.24) is 4.98 Å². The third-order valence-electron chi connectivity index (χ3n) is 1.96. The van der Waals surface area contributed by atoms with E-state index in [9.17, 15) is 0 Å². The van der Waals surface area contributed by atoms with Crippen LogP contribution in [0.4, 0.5) is 17.3 Å². The number of rotatable bonds is 4. The first kappa shape index (κ1) is 10.6. The summed E-state index contributed by atoms with van der Waals surface area (Å²) in [7, 11) is 3.59. The van der Waals surface area contributed by atoms with E-state index in [-0.39, 0.29) is 0 Å². The smallest absolute Gasteiger partial charge is 0.149 e. The van der Waals surface area contributed by atoms with Crippen LogP contribution in [0, 0.1) is 0 Å². The highest BCUT2D eigenvalue weighted by atomic mass is 16.5. The van der Waals surface area contributed by atoms with Gasteiger partial charge in [-0.1, -0.05) is 0 Å². The molecule has 1 aromatic rings. The maximum absolute atomic E-state index is 5.59. The van der Waals surface area contributed by atoms with Crippen LogP contribution in [0.1, 0.15) is 0 Å². The zero-order chi connectivity index (χ0) is 10.6. The van der Waals surface area contributed by atoms with Crippen LogP contribution >= 0.6 is 0 Å². The number of hydrogen-bond donors (Lipinski definition) is 2. The Bertz CT molecular complexity index is 303. The van der Waals surface area contributed by atoms with Gasteiger partial charge in [0.05, 0.1) is 12.3 Å². The minimum Gasteiger partial charge on any atom is -0.396 e. The molecule has 0 bridgehead atoms. The number of methoxy groups -OCH3 is 1. The number of ether oxygens (including phenoxy) is 1. The highest BCUT2D eigenvalue weighted by molar-refractivity contribution is 5.61. The molecule has 5 nitrogen and oxygen atoms in total. The Kier molecular flexibility index (Phi) is 3.53. The van der Waals surface area contributed by atoms with E-state index < -0.39 is 0 Å². The van der Waals surface area contributed by atoms with Crippen molar-refractivity contribution in [3.8, 4) is 0 Å².